The minimum absolute atomic E-state index is 0.294. The molecule has 2 aromatic carbocycles. The third kappa shape index (κ3) is 3.68. The summed E-state index contributed by atoms with van der Waals surface area (Å²) in [6, 6.07) is 10.8. The van der Waals surface area contributed by atoms with E-state index in [-0.39, 0.29) is 5.56 Å². The standard InChI is InChI=1S/C17H17ClF2N2O/c1-22(2)16(23)15(21)17(19,20)13-7-3-11(4-8-13)12-5-9-14(18)10-6-12/h3-10,15H,21H2,1-2H3. The molecule has 3 nitrogen and oxygen atoms in total. The molecule has 0 radical (unpaired) electrons. The molecule has 0 heterocycles. The molecule has 0 aliphatic rings. The Balaban J connectivity index is 2.27. The zero-order valence-corrected chi connectivity index (χ0v) is 13.5. The maximum Gasteiger partial charge on any atom is 0.296 e. The van der Waals surface area contributed by atoms with Crippen LogP contribution in [0.4, 0.5) is 8.78 Å². The summed E-state index contributed by atoms with van der Waals surface area (Å²) in [5, 5.41) is 0.602. The van der Waals surface area contributed by atoms with Crippen LogP contribution in [0.3, 0.4) is 0 Å². The fraction of sp³-hybridized carbons (Fsp3) is 0.235. The van der Waals surface area contributed by atoms with Crippen molar-refractivity contribution in [2.24, 2.45) is 5.73 Å². The van der Waals surface area contributed by atoms with Gasteiger partial charge in [0, 0.05) is 24.7 Å². The molecule has 0 spiro atoms. The Labute approximate surface area is 138 Å². The molecule has 0 fully saturated rings. The fourth-order valence-corrected chi connectivity index (χ4v) is 2.27. The number of nitrogens with zero attached hydrogens (tertiary/aromatic N) is 1. The average Bonchev–Trinajstić information content (AvgIpc) is 2.54. The van der Waals surface area contributed by atoms with Gasteiger partial charge in [-0.15, -0.1) is 0 Å². The lowest BCUT2D eigenvalue weighted by Crippen LogP contribution is -2.50. The highest BCUT2D eigenvalue weighted by Crippen LogP contribution is 2.33. The van der Waals surface area contributed by atoms with Crippen LogP contribution in [0.2, 0.25) is 5.02 Å². The van der Waals surface area contributed by atoms with Crippen molar-refractivity contribution in [3.05, 3.63) is 59.1 Å². The van der Waals surface area contributed by atoms with Crippen molar-refractivity contribution in [2.75, 3.05) is 14.1 Å². The molecule has 0 aromatic heterocycles. The van der Waals surface area contributed by atoms with Crippen LogP contribution in [0.5, 0.6) is 0 Å². The SMILES string of the molecule is CN(C)C(=O)C(N)C(F)(F)c1ccc(-c2ccc(Cl)cc2)cc1. The summed E-state index contributed by atoms with van der Waals surface area (Å²) in [4.78, 5) is 12.7. The first-order valence-corrected chi connectivity index (χ1v) is 7.32. The molecule has 0 aliphatic heterocycles. The van der Waals surface area contributed by atoms with Crippen molar-refractivity contribution in [1.82, 2.24) is 4.90 Å². The molecule has 122 valence electrons. The molecule has 1 amide bonds. The number of likely N-dealkylation sites (N-methyl/N-ethyl adjacent to an activating group) is 1. The summed E-state index contributed by atoms with van der Waals surface area (Å²) in [6.07, 6.45) is 0. The molecule has 0 aliphatic carbocycles. The van der Waals surface area contributed by atoms with E-state index in [0.717, 1.165) is 16.0 Å². The molecule has 2 rings (SSSR count). The number of carbonyl (C=O) groups excluding carboxylic acids is 1. The lowest BCUT2D eigenvalue weighted by molar-refractivity contribution is -0.140. The second kappa shape index (κ2) is 6.64. The van der Waals surface area contributed by atoms with Crippen LogP contribution in [0, 0.1) is 0 Å². The Kier molecular flexibility index (Phi) is 5.02. The van der Waals surface area contributed by atoms with Crippen LogP contribution in [0.25, 0.3) is 11.1 Å². The van der Waals surface area contributed by atoms with Crippen LogP contribution in [-0.2, 0) is 10.7 Å². The zero-order chi connectivity index (χ0) is 17.2. The maximum absolute atomic E-state index is 14.4. The molecule has 0 saturated heterocycles. The number of nitrogens with two attached hydrogens (primary N) is 1. The Morgan fingerprint density at radius 2 is 1.48 bits per heavy atom. The highest BCUT2D eigenvalue weighted by atomic mass is 35.5. The van der Waals surface area contributed by atoms with E-state index in [0.29, 0.717) is 5.02 Å². The van der Waals surface area contributed by atoms with Gasteiger partial charge in [0.05, 0.1) is 0 Å². The number of carbonyl (C=O) groups is 1. The van der Waals surface area contributed by atoms with E-state index in [1.807, 2.05) is 0 Å². The number of halogens is 3. The Bertz CT molecular complexity index is 685. The van der Waals surface area contributed by atoms with Gasteiger partial charge >= 0.3 is 0 Å². The first-order chi connectivity index (χ1) is 10.7. The summed E-state index contributed by atoms with van der Waals surface area (Å²) in [5.41, 5.74) is 6.78. The molecule has 1 atom stereocenters. The van der Waals surface area contributed by atoms with Crippen molar-refractivity contribution in [2.45, 2.75) is 12.0 Å². The lowest BCUT2D eigenvalue weighted by atomic mass is 9.97. The number of rotatable bonds is 4. The van der Waals surface area contributed by atoms with Gasteiger partial charge in [0.1, 0.15) is 0 Å². The first kappa shape index (κ1) is 17.4. The van der Waals surface area contributed by atoms with Gasteiger partial charge < -0.3 is 10.6 Å². The topological polar surface area (TPSA) is 46.3 Å². The maximum atomic E-state index is 14.4. The first-order valence-electron chi connectivity index (χ1n) is 6.94. The summed E-state index contributed by atoms with van der Waals surface area (Å²) in [6.45, 7) is 0. The second-order valence-corrected chi connectivity index (χ2v) is 5.85. The van der Waals surface area contributed by atoms with E-state index in [9.17, 15) is 13.6 Å². The third-order valence-electron chi connectivity index (χ3n) is 3.54. The predicted octanol–water partition coefficient (Wildman–Crippen LogP) is 3.51. The average molecular weight is 339 g/mol. The van der Waals surface area contributed by atoms with Gasteiger partial charge in [-0.3, -0.25) is 4.79 Å². The Morgan fingerprint density at radius 3 is 1.91 bits per heavy atom. The van der Waals surface area contributed by atoms with Gasteiger partial charge in [-0.05, 0) is 23.3 Å². The molecule has 23 heavy (non-hydrogen) atoms. The summed E-state index contributed by atoms with van der Waals surface area (Å²) >= 11 is 5.83. The Morgan fingerprint density at radius 1 is 1.04 bits per heavy atom. The lowest BCUT2D eigenvalue weighted by Gasteiger charge is -2.25. The van der Waals surface area contributed by atoms with Crippen LogP contribution >= 0.6 is 11.6 Å². The molecule has 1 unspecified atom stereocenters. The van der Waals surface area contributed by atoms with E-state index in [1.54, 1.807) is 36.4 Å². The number of amides is 1. The summed E-state index contributed by atoms with van der Waals surface area (Å²) < 4.78 is 28.7. The summed E-state index contributed by atoms with van der Waals surface area (Å²) in [5.74, 6) is -4.27. The van der Waals surface area contributed by atoms with Crippen molar-refractivity contribution in [3.63, 3.8) is 0 Å². The predicted molar refractivity (Wildman–Crippen MR) is 87.5 cm³/mol. The van der Waals surface area contributed by atoms with Crippen LogP contribution in [-0.4, -0.2) is 30.9 Å². The molecular weight excluding hydrogens is 322 g/mol. The van der Waals surface area contributed by atoms with Gasteiger partial charge in [-0.25, -0.2) is 0 Å². The van der Waals surface area contributed by atoms with Gasteiger partial charge in [0.25, 0.3) is 5.92 Å². The van der Waals surface area contributed by atoms with Gasteiger partial charge in [0.2, 0.25) is 5.91 Å². The van der Waals surface area contributed by atoms with Crippen molar-refractivity contribution >= 4 is 17.5 Å². The van der Waals surface area contributed by atoms with E-state index < -0.39 is 17.9 Å². The van der Waals surface area contributed by atoms with Gasteiger partial charge in [-0.1, -0.05) is 48.0 Å². The zero-order valence-electron chi connectivity index (χ0n) is 12.8. The minimum atomic E-state index is -3.44. The highest BCUT2D eigenvalue weighted by molar-refractivity contribution is 6.30. The number of hydrogen-bond acceptors (Lipinski definition) is 2. The molecule has 2 aromatic rings. The van der Waals surface area contributed by atoms with Gasteiger partial charge in [0.15, 0.2) is 6.04 Å². The number of benzene rings is 2. The normalized spacial score (nSPS) is 12.8. The Hall–Kier alpha value is -1.98. The van der Waals surface area contributed by atoms with E-state index >= 15 is 0 Å². The van der Waals surface area contributed by atoms with Crippen LogP contribution in [0.15, 0.2) is 48.5 Å². The monoisotopic (exact) mass is 338 g/mol. The molecular formula is C17H17ClF2N2O. The second-order valence-electron chi connectivity index (χ2n) is 5.42. The van der Waals surface area contributed by atoms with Crippen molar-refractivity contribution in [1.29, 1.82) is 0 Å². The number of hydrogen-bond donors (Lipinski definition) is 1. The van der Waals surface area contributed by atoms with E-state index in [4.69, 9.17) is 17.3 Å². The number of alkyl halides is 2. The third-order valence-corrected chi connectivity index (χ3v) is 3.80. The van der Waals surface area contributed by atoms with Crippen LogP contribution in [0.1, 0.15) is 5.56 Å². The van der Waals surface area contributed by atoms with Crippen molar-refractivity contribution < 1.29 is 13.6 Å². The molecule has 6 heteroatoms. The molecule has 2 N–H and O–H groups in total. The summed E-state index contributed by atoms with van der Waals surface area (Å²) in [7, 11) is 2.78. The van der Waals surface area contributed by atoms with Crippen LogP contribution < -0.4 is 5.73 Å². The highest BCUT2D eigenvalue weighted by Gasteiger charge is 2.44. The van der Waals surface area contributed by atoms with Gasteiger partial charge in [-0.2, -0.15) is 8.78 Å². The van der Waals surface area contributed by atoms with Crippen molar-refractivity contribution in [3.8, 4) is 11.1 Å². The molecule has 0 bridgehead atoms. The van der Waals surface area contributed by atoms with E-state index in [2.05, 4.69) is 0 Å². The molecule has 0 saturated carbocycles. The minimum Gasteiger partial charge on any atom is -0.347 e. The smallest absolute Gasteiger partial charge is 0.296 e. The quantitative estimate of drug-likeness (QED) is 0.927. The van der Waals surface area contributed by atoms with E-state index in [1.165, 1.54) is 26.2 Å². The largest absolute Gasteiger partial charge is 0.347 e. The fourth-order valence-electron chi connectivity index (χ4n) is 2.14.